The van der Waals surface area contributed by atoms with Crippen LogP contribution >= 0.6 is 11.8 Å². The van der Waals surface area contributed by atoms with Crippen LogP contribution in [0.2, 0.25) is 0 Å². The zero-order valence-electron chi connectivity index (χ0n) is 7.53. The van der Waals surface area contributed by atoms with Crippen LogP contribution in [-0.4, -0.2) is 27.1 Å². The first kappa shape index (κ1) is 10.5. The van der Waals surface area contributed by atoms with Crippen LogP contribution in [0.3, 0.4) is 0 Å². The van der Waals surface area contributed by atoms with Crippen molar-refractivity contribution in [2.45, 2.75) is 18.2 Å². The molecule has 0 saturated carbocycles. The Hall–Kier alpha value is -0.550. The molecule has 0 spiro atoms. The van der Waals surface area contributed by atoms with Gasteiger partial charge in [0.15, 0.2) is 5.16 Å². The Morgan fingerprint density at radius 2 is 2.46 bits per heavy atom. The largest absolute Gasteiger partial charge is 0.390 e. The Labute approximate surface area is 81.0 Å². The van der Waals surface area contributed by atoms with Gasteiger partial charge in [0.25, 0.3) is 0 Å². The highest BCUT2D eigenvalue weighted by molar-refractivity contribution is 7.99. The number of halogens is 1. The van der Waals surface area contributed by atoms with E-state index in [0.29, 0.717) is 6.42 Å². The molecule has 3 nitrogen and oxygen atoms in total. The molecule has 0 aliphatic heterocycles. The highest BCUT2D eigenvalue weighted by atomic mass is 32.2. The molecule has 0 aliphatic rings. The van der Waals surface area contributed by atoms with Gasteiger partial charge in [-0.25, -0.2) is 4.98 Å². The monoisotopic (exact) mass is 204 g/mol. The van der Waals surface area contributed by atoms with Crippen LogP contribution in [0.4, 0.5) is 4.39 Å². The van der Waals surface area contributed by atoms with E-state index in [-0.39, 0.29) is 13.3 Å². The summed E-state index contributed by atoms with van der Waals surface area (Å²) in [4.78, 5) is 4.10. The van der Waals surface area contributed by atoms with Crippen molar-refractivity contribution >= 4 is 11.8 Å². The minimum atomic E-state index is -0.287. The topological polar surface area (TPSA) is 38.0 Å². The van der Waals surface area contributed by atoms with Gasteiger partial charge in [-0.3, -0.25) is 4.39 Å². The molecule has 0 unspecified atom stereocenters. The predicted molar refractivity (Wildman–Crippen MR) is 50.4 cm³/mol. The zero-order valence-corrected chi connectivity index (χ0v) is 8.35. The third kappa shape index (κ3) is 2.70. The van der Waals surface area contributed by atoms with Crippen molar-refractivity contribution in [2.75, 3.05) is 12.4 Å². The third-order valence-electron chi connectivity index (χ3n) is 1.71. The van der Waals surface area contributed by atoms with Crippen molar-refractivity contribution in [3.8, 4) is 0 Å². The lowest BCUT2D eigenvalue weighted by Crippen LogP contribution is -1.97. The lowest BCUT2D eigenvalue weighted by Gasteiger charge is -2.02. The van der Waals surface area contributed by atoms with Crippen LogP contribution in [-0.2, 0) is 13.7 Å². The molecule has 0 atom stereocenters. The van der Waals surface area contributed by atoms with Crippen molar-refractivity contribution in [2.24, 2.45) is 7.05 Å². The van der Waals surface area contributed by atoms with Gasteiger partial charge in [-0.05, 0) is 6.42 Å². The highest BCUT2D eigenvalue weighted by Gasteiger charge is 2.04. The molecule has 0 aromatic carbocycles. The smallest absolute Gasteiger partial charge is 0.167 e. The fourth-order valence-corrected chi connectivity index (χ4v) is 1.80. The molecule has 0 bridgehead atoms. The summed E-state index contributed by atoms with van der Waals surface area (Å²) in [5.41, 5.74) is 0.780. The van der Waals surface area contributed by atoms with Crippen molar-refractivity contribution in [3.05, 3.63) is 11.9 Å². The molecule has 5 heteroatoms. The van der Waals surface area contributed by atoms with E-state index in [1.54, 1.807) is 6.20 Å². The average Bonchev–Trinajstić information content (AvgIpc) is 2.48. The Bertz CT molecular complexity index is 265. The van der Waals surface area contributed by atoms with Crippen LogP contribution in [0.25, 0.3) is 0 Å². The lowest BCUT2D eigenvalue weighted by molar-refractivity contribution is 0.271. The second kappa shape index (κ2) is 5.24. The molecule has 0 amide bonds. The molecule has 1 aromatic rings. The van der Waals surface area contributed by atoms with Gasteiger partial charge in [0, 0.05) is 12.8 Å². The first-order valence-electron chi connectivity index (χ1n) is 4.09. The number of aliphatic hydroxyl groups excluding tert-OH is 1. The Kier molecular flexibility index (Phi) is 4.24. The minimum absolute atomic E-state index is 0.00677. The van der Waals surface area contributed by atoms with Gasteiger partial charge in [-0.2, -0.15) is 0 Å². The summed E-state index contributed by atoms with van der Waals surface area (Å²) >= 11 is 1.51. The summed E-state index contributed by atoms with van der Waals surface area (Å²) in [6, 6.07) is 0. The maximum absolute atomic E-state index is 11.8. The molecule has 0 aliphatic carbocycles. The van der Waals surface area contributed by atoms with E-state index in [4.69, 9.17) is 5.11 Å². The number of nitrogens with zero attached hydrogens (tertiary/aromatic N) is 2. The van der Waals surface area contributed by atoms with E-state index in [0.717, 1.165) is 16.6 Å². The summed E-state index contributed by atoms with van der Waals surface area (Å²) in [6.07, 6.45) is 2.18. The van der Waals surface area contributed by atoms with Gasteiger partial charge < -0.3 is 9.67 Å². The summed E-state index contributed by atoms with van der Waals surface area (Å²) in [5.74, 6) is 0.728. The van der Waals surface area contributed by atoms with Crippen molar-refractivity contribution in [3.63, 3.8) is 0 Å². The summed E-state index contributed by atoms with van der Waals surface area (Å²) in [6.45, 7) is -0.294. The normalized spacial score (nSPS) is 10.7. The molecule has 1 aromatic heterocycles. The minimum Gasteiger partial charge on any atom is -0.390 e. The Morgan fingerprint density at radius 1 is 1.69 bits per heavy atom. The standard InChI is InChI=1S/C8H13FN2OS/c1-11-7(6-12)5-10-8(11)13-4-2-3-9/h5,12H,2-4,6H2,1H3. The van der Waals surface area contributed by atoms with Gasteiger partial charge in [0.2, 0.25) is 0 Å². The summed E-state index contributed by atoms with van der Waals surface area (Å²) in [5, 5.41) is 9.70. The van der Waals surface area contributed by atoms with E-state index < -0.39 is 0 Å². The van der Waals surface area contributed by atoms with E-state index >= 15 is 0 Å². The molecule has 1 N–H and O–H groups in total. The Morgan fingerprint density at radius 3 is 3.00 bits per heavy atom. The first-order chi connectivity index (χ1) is 6.29. The van der Waals surface area contributed by atoms with Crippen LogP contribution in [0.5, 0.6) is 0 Å². The van der Waals surface area contributed by atoms with Crippen molar-refractivity contribution in [1.82, 2.24) is 9.55 Å². The molecule has 74 valence electrons. The fraction of sp³-hybridized carbons (Fsp3) is 0.625. The number of aliphatic hydroxyl groups is 1. The number of aromatic nitrogens is 2. The molecule has 13 heavy (non-hydrogen) atoms. The van der Waals surface area contributed by atoms with Crippen molar-refractivity contribution < 1.29 is 9.50 Å². The summed E-state index contributed by atoms with van der Waals surface area (Å²) < 4.78 is 13.6. The van der Waals surface area contributed by atoms with Gasteiger partial charge in [0.05, 0.1) is 25.2 Å². The summed E-state index contributed by atoms with van der Waals surface area (Å²) in [7, 11) is 1.84. The van der Waals surface area contributed by atoms with Crippen LogP contribution in [0, 0.1) is 0 Å². The van der Waals surface area contributed by atoms with Gasteiger partial charge in [0.1, 0.15) is 0 Å². The van der Waals surface area contributed by atoms with E-state index in [9.17, 15) is 4.39 Å². The highest BCUT2D eigenvalue weighted by Crippen LogP contribution is 2.17. The molecule has 1 rings (SSSR count). The van der Waals surface area contributed by atoms with Crippen LogP contribution < -0.4 is 0 Å². The second-order valence-electron chi connectivity index (χ2n) is 2.64. The number of imidazole rings is 1. The quantitative estimate of drug-likeness (QED) is 0.581. The first-order valence-corrected chi connectivity index (χ1v) is 5.08. The molecular formula is C8H13FN2OS. The molecular weight excluding hydrogens is 191 g/mol. The average molecular weight is 204 g/mol. The van der Waals surface area contributed by atoms with Crippen LogP contribution in [0.1, 0.15) is 12.1 Å². The number of hydrogen-bond acceptors (Lipinski definition) is 3. The molecule has 0 radical (unpaired) electrons. The third-order valence-corrected chi connectivity index (χ3v) is 2.84. The number of thioether (sulfide) groups is 1. The number of rotatable bonds is 5. The SMILES string of the molecule is Cn1c(CO)cnc1SCCCF. The maximum atomic E-state index is 11.8. The van der Waals surface area contributed by atoms with Gasteiger partial charge in [-0.15, -0.1) is 0 Å². The maximum Gasteiger partial charge on any atom is 0.167 e. The molecule has 0 saturated heterocycles. The van der Waals surface area contributed by atoms with Crippen molar-refractivity contribution in [1.29, 1.82) is 0 Å². The zero-order chi connectivity index (χ0) is 9.68. The van der Waals surface area contributed by atoms with E-state index in [1.165, 1.54) is 11.8 Å². The molecule has 1 heterocycles. The van der Waals surface area contributed by atoms with Crippen LogP contribution in [0.15, 0.2) is 11.4 Å². The number of hydrogen-bond donors (Lipinski definition) is 1. The fourth-order valence-electron chi connectivity index (χ4n) is 0.925. The van der Waals surface area contributed by atoms with Gasteiger partial charge in [-0.1, -0.05) is 11.8 Å². The Balaban J connectivity index is 2.51. The molecule has 0 fully saturated rings. The second-order valence-corrected chi connectivity index (χ2v) is 3.70. The van der Waals surface area contributed by atoms with E-state index in [2.05, 4.69) is 4.98 Å². The lowest BCUT2D eigenvalue weighted by atomic mass is 10.5. The number of alkyl halides is 1. The predicted octanol–water partition coefficient (Wildman–Crippen LogP) is 1.36. The van der Waals surface area contributed by atoms with E-state index in [1.807, 2.05) is 11.6 Å². The van der Waals surface area contributed by atoms with Gasteiger partial charge >= 0.3 is 0 Å².